The minimum absolute atomic E-state index is 0.00544. The maximum Gasteiger partial charge on any atom is 0.176 e. The largest absolute Gasteiger partial charge is 0.390 e. The quantitative estimate of drug-likeness (QED) is 0.269. The van der Waals surface area contributed by atoms with Gasteiger partial charge < -0.3 is 71.8 Å². The third-order valence-electron chi connectivity index (χ3n) is 17.3. The lowest BCUT2D eigenvalue weighted by Crippen LogP contribution is -2.57. The van der Waals surface area contributed by atoms with Gasteiger partial charge in [0.2, 0.25) is 0 Å². The van der Waals surface area contributed by atoms with E-state index in [1.165, 1.54) is 5.57 Å². The number of aliphatic hydroxyl groups excluding tert-OH is 2. The van der Waals surface area contributed by atoms with Gasteiger partial charge in [-0.2, -0.15) is 0 Å². The van der Waals surface area contributed by atoms with E-state index in [1.807, 2.05) is 20.8 Å². The van der Waals surface area contributed by atoms with Gasteiger partial charge in [-0.25, -0.2) is 0 Å². The molecular formula is C48H76O16. The fraction of sp³-hybridized carbons (Fsp3) is 0.938. The summed E-state index contributed by atoms with van der Waals surface area (Å²) < 4.78 is 82.5. The van der Waals surface area contributed by atoms with E-state index in [1.54, 1.807) is 28.3 Å². The monoisotopic (exact) mass is 909 g/mol. The van der Waals surface area contributed by atoms with Crippen LogP contribution in [0.4, 0.5) is 0 Å². The lowest BCUT2D eigenvalue weighted by molar-refractivity contribution is -0.346. The number of rotatable bonds is 11. The second-order valence-electron chi connectivity index (χ2n) is 20.9. The maximum atomic E-state index is 13.4. The van der Waals surface area contributed by atoms with Crippen molar-refractivity contribution in [2.75, 3.05) is 21.3 Å². The van der Waals surface area contributed by atoms with Gasteiger partial charge >= 0.3 is 0 Å². The molecule has 1 spiro atoms. The molecule has 2 saturated carbocycles. The number of fused-ring (bicyclic) bond motifs is 5. The summed E-state index contributed by atoms with van der Waals surface area (Å²) in [5.41, 5.74) is 0.816. The summed E-state index contributed by atoms with van der Waals surface area (Å²) in [6.45, 7) is 14.2. The van der Waals surface area contributed by atoms with E-state index in [0.29, 0.717) is 37.9 Å². The first-order valence-corrected chi connectivity index (χ1v) is 24.3. The lowest BCUT2D eigenvalue weighted by Gasteiger charge is -2.53. The molecule has 3 aliphatic carbocycles. The second kappa shape index (κ2) is 18.6. The molecule has 64 heavy (non-hydrogen) atoms. The van der Waals surface area contributed by atoms with Crippen LogP contribution in [0.15, 0.2) is 11.6 Å². The number of hydrogen-bond donors (Lipinski definition) is 2. The van der Waals surface area contributed by atoms with E-state index >= 15 is 0 Å². The topological polar surface area (TPSA) is 178 Å². The van der Waals surface area contributed by atoms with E-state index in [4.69, 9.17) is 61.6 Å². The molecule has 6 heterocycles. The van der Waals surface area contributed by atoms with Gasteiger partial charge in [0.15, 0.2) is 30.9 Å². The van der Waals surface area contributed by atoms with Crippen molar-refractivity contribution in [3.63, 3.8) is 0 Å². The smallest absolute Gasteiger partial charge is 0.176 e. The van der Waals surface area contributed by atoms with Crippen LogP contribution in [-0.4, -0.2) is 160 Å². The van der Waals surface area contributed by atoms with Gasteiger partial charge in [0, 0.05) is 71.7 Å². The highest BCUT2D eigenvalue weighted by molar-refractivity contribution is 5.88. The van der Waals surface area contributed by atoms with Gasteiger partial charge in [-0.3, -0.25) is 4.79 Å². The molecule has 9 aliphatic rings. The molecule has 9 rings (SSSR count). The van der Waals surface area contributed by atoms with Gasteiger partial charge in [-0.15, -0.1) is 0 Å². The molecule has 6 saturated heterocycles. The molecule has 0 radical (unpaired) electrons. The van der Waals surface area contributed by atoms with Crippen LogP contribution in [0.3, 0.4) is 0 Å². The molecule has 2 bridgehead atoms. The van der Waals surface area contributed by atoms with Gasteiger partial charge in [0.05, 0.1) is 72.6 Å². The molecule has 0 aromatic carbocycles. The highest BCUT2D eigenvalue weighted by Crippen LogP contribution is 2.66. The highest BCUT2D eigenvalue weighted by Gasteiger charge is 2.69. The number of ether oxygens (including phenoxy) is 13. The Morgan fingerprint density at radius 1 is 0.641 bits per heavy atom. The first kappa shape index (κ1) is 47.9. The average molecular weight is 909 g/mol. The number of Topliss-reactive ketones (excluding diaryl/α,β-unsaturated/α-hetero) is 1. The molecule has 24 atom stereocenters. The summed E-state index contributed by atoms with van der Waals surface area (Å²) in [6, 6.07) is 0. The summed E-state index contributed by atoms with van der Waals surface area (Å²) >= 11 is 0. The number of hydrogen-bond acceptors (Lipinski definition) is 16. The van der Waals surface area contributed by atoms with Crippen molar-refractivity contribution in [3.05, 3.63) is 11.6 Å². The molecule has 0 amide bonds. The van der Waals surface area contributed by atoms with Crippen LogP contribution in [0.25, 0.3) is 0 Å². The minimum Gasteiger partial charge on any atom is -0.390 e. The molecule has 16 heteroatoms. The van der Waals surface area contributed by atoms with Crippen molar-refractivity contribution in [2.45, 2.75) is 242 Å². The lowest BCUT2D eigenvalue weighted by atomic mass is 9.56. The van der Waals surface area contributed by atoms with Crippen molar-refractivity contribution in [2.24, 2.45) is 22.7 Å². The minimum atomic E-state index is -0.887. The third kappa shape index (κ3) is 8.52. The van der Waals surface area contributed by atoms with E-state index in [2.05, 4.69) is 26.8 Å². The molecule has 0 unspecified atom stereocenters. The second-order valence-corrected chi connectivity index (χ2v) is 20.9. The van der Waals surface area contributed by atoms with Gasteiger partial charge in [0.25, 0.3) is 0 Å². The summed E-state index contributed by atoms with van der Waals surface area (Å²) in [4.78, 5) is 13.4. The Labute approximate surface area is 378 Å². The first-order chi connectivity index (χ1) is 30.5. The molecular weight excluding hydrogens is 833 g/mol. The molecule has 16 nitrogen and oxygen atoms in total. The number of methoxy groups -OCH3 is 3. The zero-order chi connectivity index (χ0) is 45.5. The zero-order valence-electron chi connectivity index (χ0n) is 39.6. The van der Waals surface area contributed by atoms with Crippen LogP contribution in [0.5, 0.6) is 0 Å². The first-order valence-electron chi connectivity index (χ1n) is 24.3. The van der Waals surface area contributed by atoms with E-state index in [-0.39, 0.29) is 60.3 Å². The Morgan fingerprint density at radius 3 is 1.80 bits per heavy atom. The van der Waals surface area contributed by atoms with Crippen LogP contribution < -0.4 is 0 Å². The SMILES string of the molecule is CO[C@H]1C[C@H](O[C@H]2[C@@H](O)C[C@H](O[C@@H]3[C@@H](C)O[C@@H](O[C@@H]4[C@@H](C)O[C@@H](O[C@H]5CC[C@@]6(C)C(=CC[C@@]78O[C@@H](C)[C@@H]9CCC(=O)[C@]9(C)[C@@H](C[C@@H]76)O8)C5)C[C@H]4OC)C[C@H]3OC)O[C@@H]2C)O[C@H](C)[C@H]1O. The number of carbonyl (C=O) groups excluding carboxylic acids is 1. The fourth-order valence-electron chi connectivity index (χ4n) is 13.5. The van der Waals surface area contributed by atoms with Crippen LogP contribution in [-0.2, 0) is 66.4 Å². The van der Waals surface area contributed by atoms with Crippen molar-refractivity contribution >= 4 is 5.78 Å². The zero-order valence-corrected chi connectivity index (χ0v) is 39.6. The average Bonchev–Trinajstić information content (AvgIpc) is 3.77. The normalized spacial score (nSPS) is 54.1. The number of ketones is 1. The van der Waals surface area contributed by atoms with Gasteiger partial charge in [0.1, 0.15) is 30.2 Å². The van der Waals surface area contributed by atoms with Crippen molar-refractivity contribution in [3.8, 4) is 0 Å². The Hall–Kier alpha value is -1.19. The van der Waals surface area contributed by atoms with E-state index in [9.17, 15) is 15.0 Å². The summed E-state index contributed by atoms with van der Waals surface area (Å²) in [7, 11) is 4.89. The van der Waals surface area contributed by atoms with Crippen LogP contribution in [0.1, 0.15) is 119 Å². The Morgan fingerprint density at radius 2 is 1.19 bits per heavy atom. The summed E-state index contributed by atoms with van der Waals surface area (Å²) in [6.07, 6.45) is 0.744. The Kier molecular flexibility index (Phi) is 13.9. The van der Waals surface area contributed by atoms with Gasteiger partial charge in [-0.1, -0.05) is 18.6 Å². The van der Waals surface area contributed by atoms with Crippen molar-refractivity contribution < 1.29 is 76.6 Å². The summed E-state index contributed by atoms with van der Waals surface area (Å²) in [5, 5.41) is 21.6. The Bertz CT molecular complexity index is 1670. The molecule has 0 aromatic rings. The van der Waals surface area contributed by atoms with Crippen LogP contribution in [0, 0.1) is 22.7 Å². The van der Waals surface area contributed by atoms with E-state index in [0.717, 1.165) is 32.1 Å². The van der Waals surface area contributed by atoms with Crippen LogP contribution in [0.2, 0.25) is 0 Å². The van der Waals surface area contributed by atoms with Crippen molar-refractivity contribution in [1.29, 1.82) is 0 Å². The molecule has 364 valence electrons. The molecule has 0 aromatic heterocycles. The highest BCUT2D eigenvalue weighted by atomic mass is 16.8. The standard InChI is InChI=1S/C48H76O16/c1-23-30-11-12-36(50)47(30,7)37-22-35-46(6)15-14-29(17-28(46)13-16-48(35,63-23)64-37)59-39-20-33(53-9)45(26(4)57-39)62-41-21-34(54-10)44(27(5)58-41)61-38-18-31(49)43(25(3)56-38)60-40-19-32(52-8)42(51)24(2)55-40/h13,23-27,29-35,37-45,49,51H,11-12,14-22H2,1-10H3/t23-,24+,25+,26+,27+,29-,30-,31-,32-,33+,34+,35+,37+,38-,39-,40-,41-,42+,43+,44+,45+,46-,47+,48-/m0/s1. The number of aliphatic hydroxyl groups is 2. The van der Waals surface area contributed by atoms with Crippen LogP contribution >= 0.6 is 0 Å². The number of carbonyl (C=O) groups is 1. The van der Waals surface area contributed by atoms with Crippen molar-refractivity contribution in [1.82, 2.24) is 0 Å². The predicted molar refractivity (Wildman–Crippen MR) is 226 cm³/mol. The predicted octanol–water partition coefficient (Wildman–Crippen LogP) is 4.86. The fourth-order valence-corrected chi connectivity index (χ4v) is 13.5. The summed E-state index contributed by atoms with van der Waals surface area (Å²) in [5.74, 6) is 0.0446. The van der Waals surface area contributed by atoms with Gasteiger partial charge in [-0.05, 0) is 79.1 Å². The molecule has 6 aliphatic heterocycles. The van der Waals surface area contributed by atoms with E-state index < -0.39 is 91.3 Å². The molecule has 8 fully saturated rings. The molecule has 2 N–H and O–H groups in total. The Balaban J connectivity index is 0.765. The third-order valence-corrected chi connectivity index (χ3v) is 17.3. The maximum absolute atomic E-state index is 13.4.